The standard InChI is InChI=1S/C6H12.C5H10.4C2H6/c1-4-5-6(2)3;1-4-5(2)3;4*1-2/h2,4-5H2,1,3H3;2,4H2,1,3H3;4*1-2H3. The van der Waals surface area contributed by atoms with E-state index in [1.165, 1.54) is 24.0 Å². The van der Waals surface area contributed by atoms with Crippen molar-refractivity contribution in [3.8, 4) is 0 Å². The maximum atomic E-state index is 3.74. The van der Waals surface area contributed by atoms with E-state index in [9.17, 15) is 0 Å². The van der Waals surface area contributed by atoms with E-state index >= 15 is 0 Å². The fraction of sp³-hybridized carbons (Fsp3) is 0.789. The van der Waals surface area contributed by atoms with Gasteiger partial charge in [-0.2, -0.15) is 0 Å². The topological polar surface area (TPSA) is 0 Å². The highest BCUT2D eigenvalue weighted by atomic mass is 13.8. The van der Waals surface area contributed by atoms with Crippen LogP contribution < -0.4 is 0 Å². The van der Waals surface area contributed by atoms with Gasteiger partial charge in [-0.15, -0.1) is 13.2 Å². The summed E-state index contributed by atoms with van der Waals surface area (Å²) >= 11 is 0. The molecule has 0 aliphatic heterocycles. The van der Waals surface area contributed by atoms with Crippen molar-refractivity contribution >= 4 is 0 Å². The monoisotopic (exact) mass is 274 g/mol. The number of allylic oxidation sites excluding steroid dienone is 2. The van der Waals surface area contributed by atoms with Crippen LogP contribution in [0.25, 0.3) is 0 Å². The molecule has 0 rings (SSSR count). The maximum absolute atomic E-state index is 3.74. The molecule has 0 bridgehead atoms. The SMILES string of the molecule is C=C(C)CC.C=C(C)CCC.CC.CC.CC.CC. The Labute approximate surface area is 127 Å². The second kappa shape index (κ2) is 66.0. The minimum Gasteiger partial charge on any atom is -0.100 e. The average molecular weight is 275 g/mol. The normalized spacial score (nSPS) is 5.89. The number of hydrogen-bond donors (Lipinski definition) is 0. The van der Waals surface area contributed by atoms with Crippen molar-refractivity contribution in [1.82, 2.24) is 0 Å². The summed E-state index contributed by atoms with van der Waals surface area (Å²) in [4.78, 5) is 0. The summed E-state index contributed by atoms with van der Waals surface area (Å²) in [6.45, 7) is 31.8. The first-order chi connectivity index (χ1) is 9.04. The van der Waals surface area contributed by atoms with Crippen LogP contribution in [0.3, 0.4) is 0 Å². The molecule has 0 aromatic carbocycles. The van der Waals surface area contributed by atoms with Crippen LogP contribution in [0.5, 0.6) is 0 Å². The predicted octanol–water partition coefficient (Wildman–Crippen LogP) is 8.44. The van der Waals surface area contributed by atoms with Crippen LogP contribution in [0.2, 0.25) is 0 Å². The first-order valence-corrected chi connectivity index (χ1v) is 8.33. The lowest BCUT2D eigenvalue weighted by atomic mass is 10.2. The molecular weight excluding hydrogens is 228 g/mol. The van der Waals surface area contributed by atoms with Crippen LogP contribution in [0.4, 0.5) is 0 Å². The maximum Gasteiger partial charge on any atom is -0.0328 e. The summed E-state index contributed by atoms with van der Waals surface area (Å²) in [7, 11) is 0. The molecule has 0 unspecified atom stereocenters. The molecule has 0 N–H and O–H groups in total. The smallest absolute Gasteiger partial charge is 0.0328 e. The third-order valence-corrected chi connectivity index (χ3v) is 1.28. The van der Waals surface area contributed by atoms with Crippen LogP contribution in [0, 0.1) is 0 Å². The van der Waals surface area contributed by atoms with Gasteiger partial charge in [0.25, 0.3) is 0 Å². The van der Waals surface area contributed by atoms with Crippen molar-refractivity contribution in [2.45, 2.75) is 102 Å². The van der Waals surface area contributed by atoms with Crippen molar-refractivity contribution in [2.24, 2.45) is 0 Å². The molecule has 122 valence electrons. The first kappa shape index (κ1) is 36.3. The predicted molar refractivity (Wildman–Crippen MR) is 100 cm³/mol. The minimum absolute atomic E-state index is 1.11. The van der Waals surface area contributed by atoms with Crippen molar-refractivity contribution < 1.29 is 0 Å². The van der Waals surface area contributed by atoms with Crippen LogP contribution in [-0.4, -0.2) is 0 Å². The van der Waals surface area contributed by atoms with Crippen molar-refractivity contribution in [2.75, 3.05) is 0 Å². The molecule has 0 aliphatic carbocycles. The Morgan fingerprint density at radius 1 is 0.632 bits per heavy atom. The molecule has 0 radical (unpaired) electrons. The van der Waals surface area contributed by atoms with E-state index < -0.39 is 0 Å². The summed E-state index contributed by atoms with van der Waals surface area (Å²) in [6, 6.07) is 0. The van der Waals surface area contributed by atoms with Gasteiger partial charge >= 0.3 is 0 Å². The van der Waals surface area contributed by atoms with Gasteiger partial charge in [0.1, 0.15) is 0 Å². The number of rotatable bonds is 3. The highest BCUT2D eigenvalue weighted by Gasteiger charge is 1.76. The van der Waals surface area contributed by atoms with E-state index in [4.69, 9.17) is 0 Å². The third-order valence-electron chi connectivity index (χ3n) is 1.28. The molecule has 0 heterocycles. The van der Waals surface area contributed by atoms with Crippen LogP contribution in [0.15, 0.2) is 24.3 Å². The second-order valence-electron chi connectivity index (χ2n) is 3.02. The largest absolute Gasteiger partial charge is 0.100 e. The Morgan fingerprint density at radius 2 is 0.842 bits per heavy atom. The van der Waals surface area contributed by atoms with Crippen molar-refractivity contribution in [1.29, 1.82) is 0 Å². The quantitative estimate of drug-likeness (QED) is 0.453. The zero-order valence-corrected chi connectivity index (χ0v) is 16.5. The lowest BCUT2D eigenvalue weighted by Gasteiger charge is -1.87. The summed E-state index contributed by atoms with van der Waals surface area (Å²) < 4.78 is 0. The van der Waals surface area contributed by atoms with Gasteiger partial charge in [0.05, 0.1) is 0 Å². The molecular formula is C19H46. The fourth-order valence-corrected chi connectivity index (χ4v) is 0.427. The Kier molecular flexibility index (Phi) is 126. The van der Waals surface area contributed by atoms with Gasteiger partial charge in [-0.25, -0.2) is 0 Å². The zero-order chi connectivity index (χ0) is 17.3. The van der Waals surface area contributed by atoms with Crippen LogP contribution in [0.1, 0.15) is 102 Å². The summed E-state index contributed by atoms with van der Waals surface area (Å²) in [5, 5.41) is 0. The van der Waals surface area contributed by atoms with Gasteiger partial charge in [-0.1, -0.05) is 86.8 Å². The fourth-order valence-electron chi connectivity index (χ4n) is 0.427. The van der Waals surface area contributed by atoms with Gasteiger partial charge in [0.15, 0.2) is 0 Å². The molecule has 0 atom stereocenters. The van der Waals surface area contributed by atoms with E-state index in [2.05, 4.69) is 33.9 Å². The first-order valence-electron chi connectivity index (χ1n) is 8.33. The van der Waals surface area contributed by atoms with Crippen LogP contribution >= 0.6 is 0 Å². The Balaban J connectivity index is -0.0000000294. The van der Waals surface area contributed by atoms with Gasteiger partial charge in [-0.3, -0.25) is 0 Å². The molecule has 0 nitrogen and oxygen atoms in total. The second-order valence-corrected chi connectivity index (χ2v) is 3.02. The van der Waals surface area contributed by atoms with E-state index in [1.54, 1.807) is 0 Å². The van der Waals surface area contributed by atoms with Crippen molar-refractivity contribution in [3.05, 3.63) is 24.3 Å². The highest BCUT2D eigenvalue weighted by Crippen LogP contribution is 1.96. The third kappa shape index (κ3) is 209. The Bertz CT molecular complexity index is 109. The van der Waals surface area contributed by atoms with Gasteiger partial charge in [0, 0.05) is 0 Å². The Hall–Kier alpha value is -0.520. The molecule has 0 saturated carbocycles. The lowest BCUT2D eigenvalue weighted by Crippen LogP contribution is -1.66. The number of hydrogen-bond acceptors (Lipinski definition) is 0. The molecule has 0 saturated heterocycles. The van der Waals surface area contributed by atoms with Gasteiger partial charge < -0.3 is 0 Å². The molecule has 0 spiro atoms. The minimum atomic E-state index is 1.11. The van der Waals surface area contributed by atoms with Gasteiger partial charge in [-0.05, 0) is 26.7 Å². The molecule has 0 fully saturated rings. The zero-order valence-electron chi connectivity index (χ0n) is 16.5. The Morgan fingerprint density at radius 3 is 0.842 bits per heavy atom. The summed E-state index contributed by atoms with van der Waals surface area (Å²) in [5.74, 6) is 0. The van der Waals surface area contributed by atoms with E-state index in [1.807, 2.05) is 62.3 Å². The molecule has 0 amide bonds. The molecule has 0 aromatic heterocycles. The molecule has 0 aromatic rings. The summed E-state index contributed by atoms with van der Waals surface area (Å²) in [5.41, 5.74) is 2.54. The summed E-state index contributed by atoms with van der Waals surface area (Å²) in [6.07, 6.45) is 3.52. The van der Waals surface area contributed by atoms with Crippen LogP contribution in [-0.2, 0) is 0 Å². The lowest BCUT2D eigenvalue weighted by molar-refractivity contribution is 0.910. The molecule has 19 heavy (non-hydrogen) atoms. The van der Waals surface area contributed by atoms with E-state index in [0.29, 0.717) is 0 Å². The van der Waals surface area contributed by atoms with Crippen molar-refractivity contribution in [3.63, 3.8) is 0 Å². The van der Waals surface area contributed by atoms with E-state index in [-0.39, 0.29) is 0 Å². The highest BCUT2D eigenvalue weighted by molar-refractivity contribution is 4.86. The van der Waals surface area contributed by atoms with Gasteiger partial charge in [0.2, 0.25) is 0 Å². The van der Waals surface area contributed by atoms with E-state index in [0.717, 1.165) is 6.42 Å². The molecule has 0 heteroatoms. The average Bonchev–Trinajstić information content (AvgIpc) is 2.48. The molecule has 0 aliphatic rings.